The maximum atomic E-state index is 10.6. The minimum Gasteiger partial charge on any atom is -0.274 e. The first-order chi connectivity index (χ1) is 4.57. The normalized spacial score (nSPS) is 8.70. The van der Waals surface area contributed by atoms with Crippen molar-refractivity contribution in [1.82, 2.24) is 10.4 Å². The zero-order valence-electron chi connectivity index (χ0n) is 5.85. The molecule has 0 fully saturated rings. The van der Waals surface area contributed by atoms with Gasteiger partial charge in [-0.1, -0.05) is 0 Å². The van der Waals surface area contributed by atoms with E-state index in [1.54, 1.807) is 0 Å². The monoisotopic (exact) mass is 164 g/mol. The van der Waals surface area contributed by atoms with Crippen LogP contribution in [0.25, 0.3) is 0 Å². The van der Waals surface area contributed by atoms with Crippen LogP contribution >= 0.6 is 11.6 Å². The Morgan fingerprint density at radius 2 is 2.10 bits per heavy atom. The quantitative estimate of drug-likeness (QED) is 0.429. The van der Waals surface area contributed by atoms with Gasteiger partial charge in [-0.2, -0.15) is 0 Å². The summed E-state index contributed by atoms with van der Waals surface area (Å²) in [5, 5.41) is 1.05. The summed E-state index contributed by atoms with van der Waals surface area (Å²) in [5.41, 5.74) is 2.25. The summed E-state index contributed by atoms with van der Waals surface area (Å²) < 4.78 is 0. The fraction of sp³-hybridized carbons (Fsp3) is 0.600. The largest absolute Gasteiger partial charge is 0.274 e. The Balaban J connectivity index is 3.72. The molecule has 0 aliphatic rings. The second kappa shape index (κ2) is 4.11. The molecule has 0 atom stereocenters. The molecule has 0 aromatic rings. The predicted molar refractivity (Wildman–Crippen MR) is 37.3 cm³/mol. The summed E-state index contributed by atoms with van der Waals surface area (Å²) in [6.45, 7) is 1.32. The van der Waals surface area contributed by atoms with E-state index in [9.17, 15) is 9.59 Å². The number of rotatable bonds is 1. The lowest BCUT2D eigenvalue weighted by atomic mass is 10.6. The van der Waals surface area contributed by atoms with E-state index >= 15 is 0 Å². The van der Waals surface area contributed by atoms with Gasteiger partial charge >= 0.3 is 0 Å². The topological polar surface area (TPSA) is 49.4 Å². The van der Waals surface area contributed by atoms with Crippen molar-refractivity contribution in [2.75, 3.05) is 12.9 Å². The number of hydrazine groups is 1. The van der Waals surface area contributed by atoms with Crippen LogP contribution < -0.4 is 5.43 Å². The highest BCUT2D eigenvalue weighted by atomic mass is 35.5. The molecule has 0 aliphatic heterocycles. The van der Waals surface area contributed by atoms with Gasteiger partial charge in [0.2, 0.25) is 5.91 Å². The number of hydrogen-bond donors (Lipinski definition) is 1. The third-order valence-electron chi connectivity index (χ3n) is 0.814. The molecule has 10 heavy (non-hydrogen) atoms. The lowest BCUT2D eigenvalue weighted by Gasteiger charge is -2.14. The molecule has 5 heteroatoms. The van der Waals surface area contributed by atoms with Crippen molar-refractivity contribution >= 4 is 23.4 Å². The number of nitrogens with zero attached hydrogens (tertiary/aromatic N) is 1. The minimum absolute atomic E-state index is 0.128. The molecule has 58 valence electrons. The molecule has 0 aromatic heterocycles. The van der Waals surface area contributed by atoms with Gasteiger partial charge in [0.15, 0.2) is 0 Å². The van der Waals surface area contributed by atoms with Crippen molar-refractivity contribution in [3.8, 4) is 0 Å². The van der Waals surface area contributed by atoms with Gasteiger partial charge in [0.05, 0.1) is 0 Å². The van der Waals surface area contributed by atoms with E-state index in [4.69, 9.17) is 11.6 Å². The van der Waals surface area contributed by atoms with Crippen molar-refractivity contribution in [2.24, 2.45) is 0 Å². The van der Waals surface area contributed by atoms with Crippen molar-refractivity contribution < 1.29 is 9.59 Å². The highest BCUT2D eigenvalue weighted by Gasteiger charge is 2.06. The van der Waals surface area contributed by atoms with Crippen LogP contribution in [0.1, 0.15) is 6.92 Å². The molecular weight excluding hydrogens is 156 g/mol. The zero-order valence-corrected chi connectivity index (χ0v) is 6.60. The van der Waals surface area contributed by atoms with E-state index in [0.29, 0.717) is 0 Å². The summed E-state index contributed by atoms with van der Waals surface area (Å²) in [6.07, 6.45) is 0. The van der Waals surface area contributed by atoms with Crippen molar-refractivity contribution in [1.29, 1.82) is 0 Å². The molecule has 0 aromatic carbocycles. The third kappa shape index (κ3) is 3.29. The molecule has 1 N–H and O–H groups in total. The van der Waals surface area contributed by atoms with Crippen molar-refractivity contribution in [3.05, 3.63) is 0 Å². The van der Waals surface area contributed by atoms with Crippen LogP contribution in [-0.4, -0.2) is 29.8 Å². The van der Waals surface area contributed by atoms with E-state index < -0.39 is 0 Å². The van der Waals surface area contributed by atoms with Crippen LogP contribution in [0, 0.1) is 0 Å². The first-order valence-corrected chi connectivity index (χ1v) is 3.21. The summed E-state index contributed by atoms with van der Waals surface area (Å²) in [7, 11) is 1.44. The lowest BCUT2D eigenvalue weighted by molar-refractivity contribution is -0.136. The van der Waals surface area contributed by atoms with Gasteiger partial charge in [-0.3, -0.25) is 20.0 Å². The minimum atomic E-state index is -0.336. The molecule has 0 saturated carbocycles. The molecule has 0 unspecified atom stereocenters. The number of carbonyl (C=O) groups is 2. The number of carbonyl (C=O) groups excluding carboxylic acids is 2. The standard InChI is InChI=1S/C5H9ClN2O2/c1-4(9)7-8(2)5(10)3-6/h3H2,1-2H3,(H,7,9). The maximum Gasteiger partial charge on any atom is 0.255 e. The van der Waals surface area contributed by atoms with Gasteiger partial charge in [0, 0.05) is 14.0 Å². The van der Waals surface area contributed by atoms with Crippen LogP contribution in [0.5, 0.6) is 0 Å². The highest BCUT2D eigenvalue weighted by Crippen LogP contribution is 1.82. The van der Waals surface area contributed by atoms with Gasteiger partial charge in [0.25, 0.3) is 5.91 Å². The number of alkyl halides is 1. The Hall–Kier alpha value is -0.770. The zero-order chi connectivity index (χ0) is 8.15. The highest BCUT2D eigenvalue weighted by molar-refractivity contribution is 6.27. The second-order valence-electron chi connectivity index (χ2n) is 1.75. The van der Waals surface area contributed by atoms with Gasteiger partial charge in [-0.05, 0) is 0 Å². The summed E-state index contributed by atoms with van der Waals surface area (Å²) in [5.74, 6) is -0.755. The molecular formula is C5H9ClN2O2. The van der Waals surface area contributed by atoms with Crippen molar-refractivity contribution in [2.45, 2.75) is 6.92 Å². The Labute approximate surface area is 64.1 Å². The molecule has 0 rings (SSSR count). The van der Waals surface area contributed by atoms with Crippen LogP contribution in [0.4, 0.5) is 0 Å². The summed E-state index contributed by atoms with van der Waals surface area (Å²) in [4.78, 5) is 21.0. The molecule has 0 spiro atoms. The fourth-order valence-corrected chi connectivity index (χ4v) is 0.567. The molecule has 0 aliphatic carbocycles. The Kier molecular flexibility index (Phi) is 3.79. The number of amides is 2. The Morgan fingerprint density at radius 3 is 2.40 bits per heavy atom. The van der Waals surface area contributed by atoms with Crippen LogP contribution in [0.3, 0.4) is 0 Å². The number of nitrogens with one attached hydrogen (secondary N) is 1. The number of hydrogen-bond acceptors (Lipinski definition) is 2. The molecule has 0 heterocycles. The van der Waals surface area contributed by atoms with E-state index in [-0.39, 0.29) is 17.7 Å². The van der Waals surface area contributed by atoms with Crippen molar-refractivity contribution in [3.63, 3.8) is 0 Å². The van der Waals surface area contributed by atoms with E-state index in [0.717, 1.165) is 5.01 Å². The maximum absolute atomic E-state index is 10.6. The smallest absolute Gasteiger partial charge is 0.255 e. The molecule has 0 saturated heterocycles. The Morgan fingerprint density at radius 1 is 1.60 bits per heavy atom. The molecule has 4 nitrogen and oxygen atoms in total. The molecule has 0 radical (unpaired) electrons. The van der Waals surface area contributed by atoms with Crippen LogP contribution in [0.2, 0.25) is 0 Å². The van der Waals surface area contributed by atoms with E-state index in [2.05, 4.69) is 5.43 Å². The van der Waals surface area contributed by atoms with E-state index in [1.165, 1.54) is 14.0 Å². The second-order valence-corrected chi connectivity index (χ2v) is 2.02. The van der Waals surface area contributed by atoms with Crippen LogP contribution in [-0.2, 0) is 9.59 Å². The third-order valence-corrected chi connectivity index (χ3v) is 1.04. The van der Waals surface area contributed by atoms with Crippen LogP contribution in [0.15, 0.2) is 0 Å². The number of halogens is 1. The SMILES string of the molecule is CC(=O)NN(C)C(=O)CCl. The summed E-state index contributed by atoms with van der Waals surface area (Å²) in [6, 6.07) is 0. The van der Waals surface area contributed by atoms with Gasteiger partial charge in [-0.25, -0.2) is 0 Å². The van der Waals surface area contributed by atoms with E-state index in [1.807, 2.05) is 0 Å². The first-order valence-electron chi connectivity index (χ1n) is 2.67. The lowest BCUT2D eigenvalue weighted by Crippen LogP contribution is -2.42. The average Bonchev–Trinajstić information content (AvgIpc) is 1.85. The molecule has 0 bridgehead atoms. The first kappa shape index (κ1) is 9.23. The van der Waals surface area contributed by atoms with Gasteiger partial charge in [0.1, 0.15) is 5.88 Å². The van der Waals surface area contributed by atoms with Gasteiger partial charge < -0.3 is 0 Å². The predicted octanol–water partition coefficient (Wildman–Crippen LogP) is -0.265. The average molecular weight is 165 g/mol. The fourth-order valence-electron chi connectivity index (χ4n) is 0.388. The molecule has 2 amide bonds. The Bertz CT molecular complexity index is 149. The van der Waals surface area contributed by atoms with Gasteiger partial charge in [-0.15, -0.1) is 11.6 Å². The summed E-state index contributed by atoms with van der Waals surface area (Å²) >= 11 is 5.19.